The van der Waals surface area contributed by atoms with Crippen LogP contribution < -0.4 is 10.5 Å². The van der Waals surface area contributed by atoms with Crippen LogP contribution in [0.25, 0.3) is 0 Å². The Labute approximate surface area is 131 Å². The van der Waals surface area contributed by atoms with E-state index in [0.717, 1.165) is 16.9 Å². The first-order chi connectivity index (χ1) is 10.3. The van der Waals surface area contributed by atoms with Crippen molar-refractivity contribution in [2.45, 2.75) is 17.6 Å². The smallest absolute Gasteiger partial charge is 0.269 e. The molecule has 0 aliphatic heterocycles. The van der Waals surface area contributed by atoms with Gasteiger partial charge in [-0.05, 0) is 18.9 Å². The van der Waals surface area contributed by atoms with E-state index in [-0.39, 0.29) is 9.90 Å². The predicted molar refractivity (Wildman–Crippen MR) is 83.5 cm³/mol. The van der Waals surface area contributed by atoms with Crippen LogP contribution in [0, 0.1) is 17.0 Å². The summed E-state index contributed by atoms with van der Waals surface area (Å²) in [6.07, 6.45) is 0.547. The first kappa shape index (κ1) is 16.3. The maximum atomic E-state index is 11.3. The zero-order valence-electron chi connectivity index (χ0n) is 11.6. The van der Waals surface area contributed by atoms with E-state index in [1.807, 2.05) is 0 Å². The van der Waals surface area contributed by atoms with Crippen molar-refractivity contribution in [1.82, 2.24) is 4.98 Å². The molecular weight excluding hydrogens is 328 g/mol. The van der Waals surface area contributed by atoms with Crippen molar-refractivity contribution in [3.05, 3.63) is 45.6 Å². The zero-order chi connectivity index (χ0) is 16.3. The minimum absolute atomic E-state index is 0.0327. The van der Waals surface area contributed by atoms with Gasteiger partial charge in [0, 0.05) is 18.7 Å². The quantitative estimate of drug-likeness (QED) is 0.607. The van der Waals surface area contributed by atoms with E-state index in [4.69, 9.17) is 5.14 Å². The lowest BCUT2D eigenvalue weighted by atomic mass is 10.1. The molecule has 1 heterocycles. The molecule has 0 saturated heterocycles. The van der Waals surface area contributed by atoms with E-state index in [2.05, 4.69) is 10.3 Å². The largest absolute Gasteiger partial charge is 0.361 e. The molecule has 22 heavy (non-hydrogen) atoms. The number of hydrogen-bond acceptors (Lipinski definition) is 7. The fourth-order valence-electron chi connectivity index (χ4n) is 1.86. The molecule has 0 unspecified atom stereocenters. The Morgan fingerprint density at radius 3 is 2.77 bits per heavy atom. The molecule has 3 N–H and O–H groups in total. The van der Waals surface area contributed by atoms with Crippen LogP contribution >= 0.6 is 11.3 Å². The predicted octanol–water partition coefficient (Wildman–Crippen LogP) is 1.66. The summed E-state index contributed by atoms with van der Waals surface area (Å²) in [4.78, 5) is 14.3. The number of nitrogens with one attached hydrogen (secondary N) is 1. The van der Waals surface area contributed by atoms with Crippen LogP contribution in [0.1, 0.15) is 11.3 Å². The van der Waals surface area contributed by atoms with E-state index in [9.17, 15) is 18.5 Å². The number of nitrogens with two attached hydrogens (primary N) is 1. The number of benzene rings is 1. The molecule has 1 aromatic heterocycles. The van der Waals surface area contributed by atoms with Crippen LogP contribution in [0.4, 0.5) is 10.8 Å². The minimum atomic E-state index is -3.76. The Kier molecular flexibility index (Phi) is 4.74. The highest BCUT2D eigenvalue weighted by Crippen LogP contribution is 2.25. The Bertz CT molecular complexity index is 801. The highest BCUT2D eigenvalue weighted by atomic mass is 32.2. The number of thiazole rings is 1. The molecule has 0 fully saturated rings. The number of nitrogens with zero attached hydrogens (tertiary/aromatic N) is 2. The van der Waals surface area contributed by atoms with Gasteiger partial charge in [0.15, 0.2) is 9.34 Å². The van der Waals surface area contributed by atoms with Gasteiger partial charge < -0.3 is 5.32 Å². The van der Waals surface area contributed by atoms with Gasteiger partial charge in [0.1, 0.15) is 0 Å². The summed E-state index contributed by atoms with van der Waals surface area (Å²) < 4.78 is 22.7. The number of aromatic nitrogens is 1. The molecule has 0 amide bonds. The number of non-ortho nitro benzene ring substituents is 1. The number of rotatable bonds is 6. The number of aryl methyl sites for hydroxylation is 1. The SMILES string of the molecule is Cc1nc(NCCc2cccc([N+](=O)[O-])c2)sc1S(N)(=O)=O. The van der Waals surface area contributed by atoms with Crippen LogP contribution in [0.15, 0.2) is 28.5 Å². The van der Waals surface area contributed by atoms with Gasteiger partial charge >= 0.3 is 0 Å². The number of nitro groups is 1. The van der Waals surface area contributed by atoms with E-state index >= 15 is 0 Å². The summed E-state index contributed by atoms with van der Waals surface area (Å²) in [7, 11) is -3.76. The Morgan fingerprint density at radius 2 is 2.18 bits per heavy atom. The highest BCUT2D eigenvalue weighted by Gasteiger charge is 2.17. The van der Waals surface area contributed by atoms with Gasteiger partial charge in [-0.15, -0.1) is 0 Å². The van der Waals surface area contributed by atoms with Crippen LogP contribution in [0.3, 0.4) is 0 Å². The summed E-state index contributed by atoms with van der Waals surface area (Å²) in [5, 5.41) is 19.2. The van der Waals surface area contributed by atoms with Crippen molar-refractivity contribution in [2.75, 3.05) is 11.9 Å². The molecule has 0 aliphatic rings. The van der Waals surface area contributed by atoms with Crippen molar-refractivity contribution in [2.24, 2.45) is 5.14 Å². The summed E-state index contributed by atoms with van der Waals surface area (Å²) in [5.41, 5.74) is 1.20. The first-order valence-corrected chi connectivity index (χ1v) is 8.61. The molecule has 118 valence electrons. The standard InChI is InChI=1S/C12H14N4O4S2/c1-8-11(22(13,19)20)21-12(15-8)14-6-5-9-3-2-4-10(7-9)16(17)18/h2-4,7H,5-6H2,1H3,(H,14,15)(H2,13,19,20). The second kappa shape index (κ2) is 6.38. The number of primary sulfonamides is 1. The van der Waals surface area contributed by atoms with Crippen LogP contribution in [-0.2, 0) is 16.4 Å². The normalized spacial score (nSPS) is 11.4. The van der Waals surface area contributed by atoms with Crippen LogP contribution in [0.2, 0.25) is 0 Å². The van der Waals surface area contributed by atoms with Crippen molar-refractivity contribution in [3.63, 3.8) is 0 Å². The Balaban J connectivity index is 2.00. The first-order valence-electron chi connectivity index (χ1n) is 6.25. The van der Waals surface area contributed by atoms with Crippen molar-refractivity contribution >= 4 is 32.2 Å². The summed E-state index contributed by atoms with van der Waals surface area (Å²) >= 11 is 0.966. The molecule has 0 atom stereocenters. The topological polar surface area (TPSA) is 128 Å². The molecule has 8 nitrogen and oxygen atoms in total. The number of nitro benzene ring substituents is 1. The third kappa shape index (κ3) is 4.00. The highest BCUT2D eigenvalue weighted by molar-refractivity contribution is 7.91. The van der Waals surface area contributed by atoms with Crippen molar-refractivity contribution in [3.8, 4) is 0 Å². The second-order valence-corrected chi connectivity index (χ2v) is 7.30. The van der Waals surface area contributed by atoms with Gasteiger partial charge in [0.25, 0.3) is 5.69 Å². The molecule has 10 heteroatoms. The lowest BCUT2D eigenvalue weighted by Crippen LogP contribution is -2.11. The molecule has 0 saturated carbocycles. The molecular formula is C12H14N4O4S2. The number of anilines is 1. The van der Waals surface area contributed by atoms with Gasteiger partial charge in [-0.2, -0.15) is 0 Å². The van der Waals surface area contributed by atoms with E-state index in [1.165, 1.54) is 12.1 Å². The summed E-state index contributed by atoms with van der Waals surface area (Å²) in [5.74, 6) is 0. The van der Waals surface area contributed by atoms with E-state index < -0.39 is 14.9 Å². The molecule has 2 rings (SSSR count). The number of hydrogen-bond donors (Lipinski definition) is 2. The second-order valence-electron chi connectivity index (χ2n) is 4.54. The van der Waals surface area contributed by atoms with Gasteiger partial charge in [0.05, 0.1) is 10.6 Å². The van der Waals surface area contributed by atoms with Crippen LogP contribution in [0.5, 0.6) is 0 Å². The lowest BCUT2D eigenvalue weighted by Gasteiger charge is -2.03. The molecule has 0 radical (unpaired) electrons. The Morgan fingerprint density at radius 1 is 1.45 bits per heavy atom. The van der Waals surface area contributed by atoms with Gasteiger partial charge in [-0.1, -0.05) is 23.5 Å². The molecule has 2 aromatic rings. The average molecular weight is 342 g/mol. The molecule has 0 bridgehead atoms. The lowest BCUT2D eigenvalue weighted by molar-refractivity contribution is -0.384. The minimum Gasteiger partial charge on any atom is -0.361 e. The fraction of sp³-hybridized carbons (Fsp3) is 0.250. The zero-order valence-corrected chi connectivity index (χ0v) is 13.3. The summed E-state index contributed by atoms with van der Waals surface area (Å²) in [6, 6.07) is 6.35. The Hall–Kier alpha value is -2.04. The van der Waals surface area contributed by atoms with E-state index in [0.29, 0.717) is 23.8 Å². The average Bonchev–Trinajstić information content (AvgIpc) is 2.80. The third-order valence-electron chi connectivity index (χ3n) is 2.82. The summed E-state index contributed by atoms with van der Waals surface area (Å²) in [6.45, 7) is 2.04. The van der Waals surface area contributed by atoms with Crippen molar-refractivity contribution in [1.29, 1.82) is 0 Å². The molecule has 1 aromatic carbocycles. The fourth-order valence-corrected chi connectivity index (χ4v) is 3.75. The van der Waals surface area contributed by atoms with Gasteiger partial charge in [-0.3, -0.25) is 10.1 Å². The molecule has 0 spiro atoms. The van der Waals surface area contributed by atoms with Crippen molar-refractivity contribution < 1.29 is 13.3 Å². The number of sulfonamides is 1. The van der Waals surface area contributed by atoms with Gasteiger partial charge in [0.2, 0.25) is 10.0 Å². The van der Waals surface area contributed by atoms with Crippen LogP contribution in [-0.4, -0.2) is 24.9 Å². The maximum Gasteiger partial charge on any atom is 0.269 e. The van der Waals surface area contributed by atoms with Gasteiger partial charge in [-0.25, -0.2) is 18.5 Å². The third-order valence-corrected chi connectivity index (χ3v) is 5.49. The maximum absolute atomic E-state index is 11.3. The monoisotopic (exact) mass is 342 g/mol. The van der Waals surface area contributed by atoms with E-state index in [1.54, 1.807) is 19.1 Å². The molecule has 0 aliphatic carbocycles.